The summed E-state index contributed by atoms with van der Waals surface area (Å²) in [7, 11) is 0. The first-order valence-corrected chi connectivity index (χ1v) is 8.77. The Morgan fingerprint density at radius 3 is 2.73 bits per heavy atom. The molecule has 2 heterocycles. The van der Waals surface area contributed by atoms with E-state index < -0.39 is 35.2 Å². The van der Waals surface area contributed by atoms with E-state index in [9.17, 15) is 19.5 Å². The number of nitrogens with one attached hydrogen (secondary N) is 1. The fourth-order valence-electron chi connectivity index (χ4n) is 2.96. The highest BCUT2D eigenvalue weighted by molar-refractivity contribution is 8.00. The smallest absolute Gasteiger partial charge is 0.352 e. The van der Waals surface area contributed by atoms with Crippen LogP contribution >= 0.6 is 11.8 Å². The lowest BCUT2D eigenvalue weighted by Crippen LogP contribution is -2.70. The molecule has 134 valence electrons. The molecule has 1 aromatic rings. The van der Waals surface area contributed by atoms with Crippen molar-refractivity contribution >= 4 is 29.5 Å². The van der Waals surface area contributed by atoms with Crippen molar-refractivity contribution < 1.29 is 19.5 Å². The predicted molar refractivity (Wildman–Crippen MR) is 93.7 cm³/mol. The number of thioether (sulfide) groups is 1. The first-order chi connectivity index (χ1) is 12.5. The third kappa shape index (κ3) is 3.00. The van der Waals surface area contributed by atoms with Gasteiger partial charge in [-0.1, -0.05) is 35.4 Å². The Hall–Kier alpha value is -2.97. The lowest BCUT2D eigenvalue weighted by atomic mass is 10.0. The maximum absolute atomic E-state index is 12.6. The Morgan fingerprint density at radius 1 is 1.42 bits per heavy atom. The summed E-state index contributed by atoms with van der Waals surface area (Å²) in [6.07, 6.45) is 0. The zero-order chi connectivity index (χ0) is 18.8. The molecule has 2 N–H and O–H groups in total. The largest absolute Gasteiger partial charge is 0.477 e. The molecule has 2 aliphatic rings. The Balaban J connectivity index is 1.78. The molecule has 2 amide bonds. The van der Waals surface area contributed by atoms with E-state index in [0.717, 1.165) is 0 Å². The molecule has 1 saturated heterocycles. The van der Waals surface area contributed by atoms with Crippen molar-refractivity contribution in [3.05, 3.63) is 57.6 Å². The van der Waals surface area contributed by atoms with Crippen LogP contribution in [-0.2, 0) is 14.4 Å². The van der Waals surface area contributed by atoms with Gasteiger partial charge in [0.05, 0.1) is 0 Å². The normalized spacial score (nSPS) is 22.7. The molecular weight excluding hydrogens is 358 g/mol. The summed E-state index contributed by atoms with van der Waals surface area (Å²) in [4.78, 5) is 40.3. The molecule has 1 aromatic carbocycles. The fourth-order valence-corrected chi connectivity index (χ4v) is 4.26. The van der Waals surface area contributed by atoms with E-state index in [0.29, 0.717) is 16.9 Å². The molecule has 3 atom stereocenters. The van der Waals surface area contributed by atoms with Gasteiger partial charge < -0.3 is 10.4 Å². The molecule has 9 nitrogen and oxygen atoms in total. The molecule has 0 saturated carbocycles. The second-order valence-corrected chi connectivity index (χ2v) is 6.95. The molecule has 10 heteroatoms. The number of aliphatic carboxylic acids is 1. The number of azide groups is 1. The number of β-lactam (4-membered cyclic amide) rings is 1. The van der Waals surface area contributed by atoms with Crippen molar-refractivity contribution in [2.24, 2.45) is 5.11 Å². The van der Waals surface area contributed by atoms with Crippen LogP contribution in [0.25, 0.3) is 10.4 Å². The number of carbonyl (C=O) groups is 3. The van der Waals surface area contributed by atoms with E-state index in [1.165, 1.54) is 16.7 Å². The third-order valence-electron chi connectivity index (χ3n) is 4.19. The first kappa shape index (κ1) is 17.8. The van der Waals surface area contributed by atoms with Gasteiger partial charge in [0, 0.05) is 10.7 Å². The second kappa shape index (κ2) is 7.11. The van der Waals surface area contributed by atoms with Gasteiger partial charge in [-0.25, -0.2) is 4.79 Å². The number of carboxylic acids is 1. The summed E-state index contributed by atoms with van der Waals surface area (Å²) in [6, 6.07) is 6.53. The van der Waals surface area contributed by atoms with E-state index in [4.69, 9.17) is 5.53 Å². The number of carboxylic acid groups (broad SMARTS) is 1. The molecule has 26 heavy (non-hydrogen) atoms. The van der Waals surface area contributed by atoms with E-state index >= 15 is 0 Å². The van der Waals surface area contributed by atoms with Crippen molar-refractivity contribution in [3.8, 4) is 0 Å². The van der Waals surface area contributed by atoms with Gasteiger partial charge in [-0.3, -0.25) is 14.5 Å². The number of benzene rings is 1. The molecule has 1 unspecified atom stereocenters. The van der Waals surface area contributed by atoms with Gasteiger partial charge in [0.25, 0.3) is 5.91 Å². The molecule has 0 bridgehead atoms. The van der Waals surface area contributed by atoms with Crippen LogP contribution in [0.2, 0.25) is 0 Å². The van der Waals surface area contributed by atoms with Crippen molar-refractivity contribution in [1.82, 2.24) is 10.2 Å². The van der Waals surface area contributed by atoms with Gasteiger partial charge in [0.2, 0.25) is 5.91 Å². The van der Waals surface area contributed by atoms with Crippen molar-refractivity contribution in [2.45, 2.75) is 24.4 Å². The predicted octanol–water partition coefficient (Wildman–Crippen LogP) is 1.80. The zero-order valence-electron chi connectivity index (χ0n) is 13.7. The van der Waals surface area contributed by atoms with Crippen LogP contribution in [0.4, 0.5) is 0 Å². The Bertz CT molecular complexity index is 849. The number of fused-ring (bicyclic) bond motifs is 1. The lowest BCUT2D eigenvalue weighted by molar-refractivity contribution is -0.150. The van der Waals surface area contributed by atoms with E-state index in [1.807, 2.05) is 0 Å². The average molecular weight is 373 g/mol. The molecule has 3 rings (SSSR count). The molecule has 0 aliphatic carbocycles. The molecular formula is C16H15N5O4S. The summed E-state index contributed by atoms with van der Waals surface area (Å²) < 4.78 is 0. The molecule has 0 radical (unpaired) electrons. The summed E-state index contributed by atoms with van der Waals surface area (Å²) in [6.45, 7) is 1.67. The SMILES string of the molecule is CC1=C(C(=O)O)N2C(=O)C(NC(=O)[C@H](N=[N+]=[N-])c3ccccc3)[C@H]2SC1. The molecule has 1 fully saturated rings. The zero-order valence-corrected chi connectivity index (χ0v) is 14.5. The number of amides is 2. The van der Waals surface area contributed by atoms with Crippen LogP contribution in [0.5, 0.6) is 0 Å². The van der Waals surface area contributed by atoms with Crippen LogP contribution < -0.4 is 5.32 Å². The highest BCUT2D eigenvalue weighted by Crippen LogP contribution is 2.40. The second-order valence-electron chi connectivity index (χ2n) is 5.85. The van der Waals surface area contributed by atoms with Crippen LogP contribution in [0.3, 0.4) is 0 Å². The van der Waals surface area contributed by atoms with E-state index in [2.05, 4.69) is 15.3 Å². The molecule has 0 spiro atoms. The number of hydrogen-bond acceptors (Lipinski definition) is 5. The lowest BCUT2D eigenvalue weighted by Gasteiger charge is -2.49. The van der Waals surface area contributed by atoms with Gasteiger partial charge in [-0.15, -0.1) is 11.8 Å². The standard InChI is InChI=1S/C16H15N5O4S/c1-8-7-26-15-11(14(23)21(15)12(8)16(24)25)18-13(22)10(19-20-17)9-5-3-2-4-6-9/h2-6,10-11,15H,7H2,1H3,(H,18,22)(H,24,25)/t10-,11?,15-/m1/s1. The van der Waals surface area contributed by atoms with Crippen LogP contribution in [0.1, 0.15) is 18.5 Å². The van der Waals surface area contributed by atoms with Crippen LogP contribution in [0.15, 0.2) is 46.7 Å². The van der Waals surface area contributed by atoms with Crippen molar-refractivity contribution in [2.75, 3.05) is 5.75 Å². The van der Waals surface area contributed by atoms with Gasteiger partial charge in [-0.05, 0) is 23.6 Å². The summed E-state index contributed by atoms with van der Waals surface area (Å²) in [5, 5.41) is 15.0. The van der Waals surface area contributed by atoms with Crippen LogP contribution in [-0.4, -0.2) is 45.0 Å². The van der Waals surface area contributed by atoms with Crippen molar-refractivity contribution in [1.29, 1.82) is 0 Å². The summed E-state index contributed by atoms with van der Waals surface area (Å²) in [5.41, 5.74) is 9.82. The van der Waals surface area contributed by atoms with E-state index in [-0.39, 0.29) is 5.70 Å². The molecule has 0 aromatic heterocycles. The summed E-state index contributed by atoms with van der Waals surface area (Å²) in [5.74, 6) is -1.79. The Labute approximate surface area is 152 Å². The number of rotatable bonds is 5. The maximum atomic E-state index is 12.6. The van der Waals surface area contributed by atoms with Gasteiger partial charge in [-0.2, -0.15) is 0 Å². The van der Waals surface area contributed by atoms with Crippen LogP contribution in [0, 0.1) is 0 Å². The number of carbonyl (C=O) groups excluding carboxylic acids is 2. The van der Waals surface area contributed by atoms with Gasteiger partial charge in [0.15, 0.2) is 0 Å². The Kier molecular flexibility index (Phi) is 4.88. The van der Waals surface area contributed by atoms with Gasteiger partial charge in [0.1, 0.15) is 23.2 Å². The highest BCUT2D eigenvalue weighted by atomic mass is 32.2. The average Bonchev–Trinajstić information content (AvgIpc) is 2.64. The van der Waals surface area contributed by atoms with E-state index in [1.54, 1.807) is 37.3 Å². The third-order valence-corrected chi connectivity index (χ3v) is 5.61. The number of nitrogens with zero attached hydrogens (tertiary/aromatic N) is 4. The van der Waals surface area contributed by atoms with Gasteiger partial charge >= 0.3 is 5.97 Å². The summed E-state index contributed by atoms with van der Waals surface area (Å²) >= 11 is 1.38. The van der Waals surface area contributed by atoms with Crippen molar-refractivity contribution in [3.63, 3.8) is 0 Å². The first-order valence-electron chi connectivity index (χ1n) is 7.73. The topological polar surface area (TPSA) is 135 Å². The highest BCUT2D eigenvalue weighted by Gasteiger charge is 2.54. The minimum atomic E-state index is -1.16. The minimum absolute atomic E-state index is 0.0288. The number of hydrogen-bond donors (Lipinski definition) is 2. The maximum Gasteiger partial charge on any atom is 0.352 e. The Morgan fingerprint density at radius 2 is 2.12 bits per heavy atom. The molecule has 2 aliphatic heterocycles. The monoisotopic (exact) mass is 373 g/mol. The minimum Gasteiger partial charge on any atom is -0.477 e. The quantitative estimate of drug-likeness (QED) is 0.351. The fraction of sp³-hybridized carbons (Fsp3) is 0.312.